The molecule has 1 unspecified atom stereocenters. The van der Waals surface area contributed by atoms with Gasteiger partial charge in [0.25, 0.3) is 0 Å². The normalized spacial score (nSPS) is 20.9. The molecular formula is C29H34O12. The van der Waals surface area contributed by atoms with Crippen molar-refractivity contribution in [2.45, 2.75) is 83.6 Å². The molecule has 12 nitrogen and oxygen atoms in total. The fourth-order valence-electron chi connectivity index (χ4n) is 4.50. The monoisotopic (exact) mass is 574 g/mol. The van der Waals surface area contributed by atoms with Gasteiger partial charge in [-0.25, -0.2) is 0 Å². The Morgan fingerprint density at radius 3 is 2.49 bits per heavy atom. The maximum Gasteiger partial charge on any atom is 0.305 e. The van der Waals surface area contributed by atoms with E-state index >= 15 is 0 Å². The number of hydrogen-bond acceptors (Lipinski definition) is 12. The van der Waals surface area contributed by atoms with Crippen LogP contribution in [0.25, 0.3) is 11.0 Å². The number of furan rings is 1. The Labute approximate surface area is 237 Å². The number of benzene rings is 1. The molecule has 1 aliphatic heterocycles. The molecule has 1 N–H and O–H groups in total. The van der Waals surface area contributed by atoms with Crippen LogP contribution in [0.1, 0.15) is 63.9 Å². The zero-order valence-corrected chi connectivity index (χ0v) is 23.4. The van der Waals surface area contributed by atoms with Crippen molar-refractivity contribution in [1.82, 2.24) is 0 Å². The van der Waals surface area contributed by atoms with Crippen molar-refractivity contribution in [3.63, 3.8) is 0 Å². The summed E-state index contributed by atoms with van der Waals surface area (Å²) in [6, 6.07) is 4.97. The van der Waals surface area contributed by atoms with E-state index in [0.717, 1.165) is 0 Å². The second kappa shape index (κ2) is 14.5. The van der Waals surface area contributed by atoms with Crippen LogP contribution in [0.2, 0.25) is 0 Å². The van der Waals surface area contributed by atoms with E-state index in [1.807, 2.05) is 0 Å². The van der Waals surface area contributed by atoms with E-state index in [9.17, 15) is 24.3 Å². The van der Waals surface area contributed by atoms with Gasteiger partial charge in [-0.1, -0.05) is 0 Å². The summed E-state index contributed by atoms with van der Waals surface area (Å²) < 4.78 is 38.8. The number of ether oxygens (including phenoxy) is 6. The Hall–Kier alpha value is -4.08. The number of carbonyl (C=O) groups excluding carboxylic acids is 4. The van der Waals surface area contributed by atoms with Crippen LogP contribution in [-0.4, -0.2) is 67.3 Å². The molecule has 0 bridgehead atoms. The second-order valence-corrected chi connectivity index (χ2v) is 9.44. The van der Waals surface area contributed by atoms with E-state index in [4.69, 9.17) is 34.5 Å². The predicted molar refractivity (Wildman–Crippen MR) is 141 cm³/mol. The molecule has 12 heteroatoms. The maximum atomic E-state index is 11.9. The Bertz CT molecular complexity index is 1290. The highest BCUT2D eigenvalue weighted by molar-refractivity contribution is 5.88. The van der Waals surface area contributed by atoms with Gasteiger partial charge in [0, 0.05) is 45.6 Å². The zero-order chi connectivity index (χ0) is 30.1. The van der Waals surface area contributed by atoms with Gasteiger partial charge in [0.15, 0.2) is 6.10 Å². The Kier molecular flexibility index (Phi) is 11.1. The lowest BCUT2D eigenvalue weighted by Gasteiger charge is -2.39. The number of aliphatic hydroxyl groups is 1. The van der Waals surface area contributed by atoms with Crippen LogP contribution in [-0.2, 0) is 49.3 Å². The average molecular weight is 575 g/mol. The molecule has 2 aromatic rings. The largest absolute Gasteiger partial charge is 0.469 e. The molecule has 5 atom stereocenters. The van der Waals surface area contributed by atoms with Gasteiger partial charge in [-0.2, -0.15) is 0 Å². The van der Waals surface area contributed by atoms with E-state index in [1.54, 1.807) is 18.2 Å². The Balaban J connectivity index is 1.94. The third kappa shape index (κ3) is 8.70. The highest BCUT2D eigenvalue weighted by atomic mass is 16.7. The van der Waals surface area contributed by atoms with Crippen molar-refractivity contribution in [1.29, 1.82) is 0 Å². The summed E-state index contributed by atoms with van der Waals surface area (Å²) in [6.07, 6.45) is 1.49. The van der Waals surface area contributed by atoms with Crippen molar-refractivity contribution in [2.75, 3.05) is 13.7 Å². The van der Waals surface area contributed by atoms with Crippen LogP contribution in [0.15, 0.2) is 22.6 Å². The summed E-state index contributed by atoms with van der Waals surface area (Å²) in [7, 11) is 1.32. The van der Waals surface area contributed by atoms with Crippen molar-refractivity contribution in [3.05, 3.63) is 29.5 Å². The molecule has 0 amide bonds. The van der Waals surface area contributed by atoms with Gasteiger partial charge < -0.3 is 37.9 Å². The van der Waals surface area contributed by atoms with E-state index < -0.39 is 48.6 Å². The third-order valence-corrected chi connectivity index (χ3v) is 6.24. The van der Waals surface area contributed by atoms with E-state index in [2.05, 4.69) is 10.7 Å². The van der Waals surface area contributed by atoms with Crippen LogP contribution >= 0.6 is 0 Å². The summed E-state index contributed by atoms with van der Waals surface area (Å²) in [5.41, 5.74) is 0.800. The summed E-state index contributed by atoms with van der Waals surface area (Å²) in [5, 5.41) is 11.1. The molecule has 2 heterocycles. The first kappa shape index (κ1) is 31.4. The van der Waals surface area contributed by atoms with Crippen molar-refractivity contribution < 1.29 is 57.1 Å². The minimum Gasteiger partial charge on any atom is -0.469 e. The average Bonchev–Trinajstić information content (AvgIpc) is 3.33. The summed E-state index contributed by atoms with van der Waals surface area (Å²) in [4.78, 5) is 46.7. The smallest absolute Gasteiger partial charge is 0.305 e. The molecule has 41 heavy (non-hydrogen) atoms. The molecule has 1 aromatic carbocycles. The number of esters is 4. The van der Waals surface area contributed by atoms with Crippen LogP contribution < -0.4 is 4.74 Å². The van der Waals surface area contributed by atoms with E-state index in [-0.39, 0.29) is 31.8 Å². The fraction of sp³-hybridized carbons (Fsp3) is 0.517. The standard InChI is InChI=1S/C29H34O12/c1-6-8-22(33)20-11-12-23(21-13-19(39-28(20)21)9-7-10-26(34)35-5)40-27-14-24(37-17(3)31)29(38-18(4)32)25(41-27)15-36-16(2)30/h1,11-13,22,24-25,27,29,33H,7-10,14-15H2,2-5H3/t22?,24-,25-,27-,29-/m1/s1. The molecule has 3 rings (SSSR count). The maximum absolute atomic E-state index is 11.9. The SMILES string of the molecule is C#CCC(O)c1ccc(O[C@H]2C[C@@H](OC(C)=O)[C@@H](OC(C)=O)[C@@H](COC(C)=O)O2)c2cc(CCCC(=O)OC)oc12. The lowest BCUT2D eigenvalue weighted by atomic mass is 10.0. The van der Waals surface area contributed by atoms with E-state index in [1.165, 1.54) is 27.9 Å². The number of aryl methyl sites for hydroxylation is 1. The van der Waals surface area contributed by atoms with Gasteiger partial charge in [-0.15, -0.1) is 12.3 Å². The number of terminal acetylenes is 1. The number of methoxy groups -OCH3 is 1. The molecule has 0 spiro atoms. The first-order valence-corrected chi connectivity index (χ1v) is 13.1. The topological polar surface area (TPSA) is 157 Å². The molecule has 0 saturated carbocycles. The van der Waals surface area contributed by atoms with Gasteiger partial charge >= 0.3 is 23.9 Å². The summed E-state index contributed by atoms with van der Waals surface area (Å²) in [5.74, 6) is 1.12. The number of carbonyl (C=O) groups is 4. The highest BCUT2D eigenvalue weighted by Gasteiger charge is 2.44. The van der Waals surface area contributed by atoms with Crippen molar-refractivity contribution in [2.24, 2.45) is 0 Å². The van der Waals surface area contributed by atoms with Gasteiger partial charge in [0.2, 0.25) is 6.29 Å². The molecule has 1 saturated heterocycles. The van der Waals surface area contributed by atoms with Gasteiger partial charge in [-0.05, 0) is 24.6 Å². The fourth-order valence-corrected chi connectivity index (χ4v) is 4.50. The number of hydrogen-bond donors (Lipinski definition) is 1. The molecule has 1 fully saturated rings. The van der Waals surface area contributed by atoms with E-state index in [0.29, 0.717) is 40.9 Å². The molecule has 222 valence electrons. The number of rotatable bonds is 12. The summed E-state index contributed by atoms with van der Waals surface area (Å²) in [6.45, 7) is 3.35. The number of aliphatic hydroxyl groups excluding tert-OH is 1. The predicted octanol–water partition coefficient (Wildman–Crippen LogP) is 2.91. The Morgan fingerprint density at radius 2 is 1.85 bits per heavy atom. The minimum absolute atomic E-state index is 0.0130. The quantitative estimate of drug-likeness (QED) is 0.225. The molecule has 0 aliphatic carbocycles. The van der Waals surface area contributed by atoms with Crippen LogP contribution in [0.3, 0.4) is 0 Å². The van der Waals surface area contributed by atoms with Crippen LogP contribution in [0.4, 0.5) is 0 Å². The lowest BCUT2D eigenvalue weighted by Crippen LogP contribution is -2.54. The van der Waals surface area contributed by atoms with Crippen molar-refractivity contribution >= 4 is 34.8 Å². The van der Waals surface area contributed by atoms with Crippen molar-refractivity contribution in [3.8, 4) is 18.1 Å². The molecule has 0 radical (unpaired) electrons. The van der Waals surface area contributed by atoms with Crippen LogP contribution in [0.5, 0.6) is 5.75 Å². The van der Waals surface area contributed by atoms with Gasteiger partial charge in [0.05, 0.1) is 25.0 Å². The second-order valence-electron chi connectivity index (χ2n) is 9.44. The molecule has 1 aromatic heterocycles. The number of fused-ring (bicyclic) bond motifs is 1. The van der Waals surface area contributed by atoms with Crippen LogP contribution in [0, 0.1) is 12.3 Å². The lowest BCUT2D eigenvalue weighted by molar-refractivity contribution is -0.245. The first-order valence-electron chi connectivity index (χ1n) is 13.1. The third-order valence-electron chi connectivity index (χ3n) is 6.24. The Morgan fingerprint density at radius 1 is 1.12 bits per heavy atom. The zero-order valence-electron chi connectivity index (χ0n) is 23.4. The molecular weight excluding hydrogens is 540 g/mol. The molecule has 1 aliphatic rings. The first-order chi connectivity index (χ1) is 19.5. The highest BCUT2D eigenvalue weighted by Crippen LogP contribution is 2.37. The summed E-state index contributed by atoms with van der Waals surface area (Å²) >= 11 is 0. The van der Waals surface area contributed by atoms with Gasteiger partial charge in [-0.3, -0.25) is 19.2 Å². The minimum atomic E-state index is -1.05. The van der Waals surface area contributed by atoms with Gasteiger partial charge in [0.1, 0.15) is 35.9 Å².